The molecule has 0 atom stereocenters. The molecule has 0 fully saturated rings. The van der Waals surface area contributed by atoms with Crippen LogP contribution in [-0.2, 0) is 6.54 Å². The molecule has 0 amide bonds. The average molecular weight is 279 g/mol. The molecule has 0 aliphatic carbocycles. The fourth-order valence-corrected chi connectivity index (χ4v) is 2.08. The number of aliphatic hydroxyl groups is 1. The summed E-state index contributed by atoms with van der Waals surface area (Å²) in [7, 11) is 1.58. The van der Waals surface area contributed by atoms with Crippen LogP contribution < -0.4 is 10.5 Å². The zero-order chi connectivity index (χ0) is 15.1. The minimum absolute atomic E-state index is 0.00870. The molecule has 0 aliphatic heterocycles. The first-order valence-electron chi connectivity index (χ1n) is 6.85. The number of ether oxygens (including phenoxy) is 1. The van der Waals surface area contributed by atoms with E-state index in [4.69, 9.17) is 21.0 Å². The summed E-state index contributed by atoms with van der Waals surface area (Å²) in [5.74, 6) is 0.635. The van der Waals surface area contributed by atoms with Gasteiger partial charge in [-0.25, -0.2) is 0 Å². The van der Waals surface area contributed by atoms with Gasteiger partial charge in [0.25, 0.3) is 0 Å². The number of nitrogens with zero attached hydrogens (tertiary/aromatic N) is 1. The van der Waals surface area contributed by atoms with Crippen LogP contribution in [0.1, 0.15) is 31.4 Å². The molecule has 112 valence electrons. The summed E-state index contributed by atoms with van der Waals surface area (Å²) in [5, 5.41) is 16.5. The van der Waals surface area contributed by atoms with Crippen LogP contribution in [0.2, 0.25) is 0 Å². The summed E-state index contributed by atoms with van der Waals surface area (Å²) in [6, 6.07) is 6.11. The highest BCUT2D eigenvalue weighted by molar-refractivity contribution is 5.97. The SMILES string of the molecule is COc1cc(CN(CCCO)C(C)C)ccc1C(=N)N. The van der Waals surface area contributed by atoms with E-state index in [1.54, 1.807) is 7.11 Å². The Morgan fingerprint density at radius 2 is 2.15 bits per heavy atom. The van der Waals surface area contributed by atoms with Gasteiger partial charge in [-0.2, -0.15) is 0 Å². The lowest BCUT2D eigenvalue weighted by atomic mass is 10.1. The van der Waals surface area contributed by atoms with Crippen LogP contribution in [0.15, 0.2) is 18.2 Å². The van der Waals surface area contributed by atoms with Gasteiger partial charge in [-0.05, 0) is 38.0 Å². The van der Waals surface area contributed by atoms with Gasteiger partial charge in [-0.1, -0.05) is 6.07 Å². The number of rotatable bonds is 8. The summed E-state index contributed by atoms with van der Waals surface area (Å²) in [6.07, 6.45) is 0.765. The van der Waals surface area contributed by atoms with E-state index in [-0.39, 0.29) is 12.4 Å². The molecule has 1 rings (SSSR count). The van der Waals surface area contributed by atoms with Crippen molar-refractivity contribution >= 4 is 5.84 Å². The largest absolute Gasteiger partial charge is 0.496 e. The predicted octanol–water partition coefficient (Wildman–Crippen LogP) is 1.57. The fourth-order valence-electron chi connectivity index (χ4n) is 2.08. The zero-order valence-electron chi connectivity index (χ0n) is 12.5. The van der Waals surface area contributed by atoms with E-state index < -0.39 is 0 Å². The Hall–Kier alpha value is -1.59. The topological polar surface area (TPSA) is 82.6 Å². The number of hydrogen-bond acceptors (Lipinski definition) is 4. The highest BCUT2D eigenvalue weighted by Crippen LogP contribution is 2.21. The number of nitrogens with two attached hydrogens (primary N) is 1. The van der Waals surface area contributed by atoms with Gasteiger partial charge in [-0.15, -0.1) is 0 Å². The maximum Gasteiger partial charge on any atom is 0.130 e. The van der Waals surface area contributed by atoms with E-state index in [0.29, 0.717) is 17.4 Å². The number of amidine groups is 1. The van der Waals surface area contributed by atoms with Gasteiger partial charge in [0.15, 0.2) is 0 Å². The molecule has 20 heavy (non-hydrogen) atoms. The molecule has 0 saturated carbocycles. The first-order valence-corrected chi connectivity index (χ1v) is 6.85. The quantitative estimate of drug-likeness (QED) is 0.498. The van der Waals surface area contributed by atoms with Gasteiger partial charge in [0.2, 0.25) is 0 Å². The second kappa shape index (κ2) is 7.87. The smallest absolute Gasteiger partial charge is 0.130 e. The van der Waals surface area contributed by atoms with Gasteiger partial charge in [0.1, 0.15) is 11.6 Å². The van der Waals surface area contributed by atoms with Gasteiger partial charge in [0.05, 0.1) is 12.7 Å². The summed E-state index contributed by atoms with van der Waals surface area (Å²) >= 11 is 0. The monoisotopic (exact) mass is 279 g/mol. The molecule has 1 aromatic carbocycles. The van der Waals surface area contributed by atoms with Crippen molar-refractivity contribution in [3.05, 3.63) is 29.3 Å². The van der Waals surface area contributed by atoms with Crippen molar-refractivity contribution in [3.63, 3.8) is 0 Å². The molecular formula is C15H25N3O2. The number of benzene rings is 1. The van der Waals surface area contributed by atoms with Crippen molar-refractivity contribution in [3.8, 4) is 5.75 Å². The molecule has 0 unspecified atom stereocenters. The van der Waals surface area contributed by atoms with Crippen molar-refractivity contribution < 1.29 is 9.84 Å². The Kier molecular flexibility index (Phi) is 6.48. The van der Waals surface area contributed by atoms with E-state index in [0.717, 1.165) is 25.1 Å². The lowest BCUT2D eigenvalue weighted by Gasteiger charge is -2.26. The molecule has 0 bridgehead atoms. The van der Waals surface area contributed by atoms with Crippen LogP contribution in [-0.4, -0.2) is 42.1 Å². The Bertz CT molecular complexity index is 447. The first kappa shape index (κ1) is 16.5. The van der Waals surface area contributed by atoms with Gasteiger partial charge >= 0.3 is 0 Å². The molecule has 4 N–H and O–H groups in total. The molecule has 1 aromatic rings. The minimum Gasteiger partial charge on any atom is -0.496 e. The Morgan fingerprint density at radius 3 is 2.65 bits per heavy atom. The number of hydrogen-bond donors (Lipinski definition) is 3. The maximum absolute atomic E-state index is 8.96. The van der Waals surface area contributed by atoms with Gasteiger partial charge < -0.3 is 15.6 Å². The molecule has 5 nitrogen and oxygen atoms in total. The van der Waals surface area contributed by atoms with Crippen LogP contribution in [0, 0.1) is 5.41 Å². The third kappa shape index (κ3) is 4.51. The summed E-state index contributed by atoms with van der Waals surface area (Å²) in [6.45, 7) is 6.12. The Balaban J connectivity index is 2.87. The van der Waals surface area contributed by atoms with Crippen molar-refractivity contribution in [2.45, 2.75) is 32.9 Å². The maximum atomic E-state index is 8.96. The molecule has 0 aromatic heterocycles. The normalized spacial score (nSPS) is 11.1. The third-order valence-corrected chi connectivity index (χ3v) is 3.28. The summed E-state index contributed by atoms with van der Waals surface area (Å²) in [4.78, 5) is 2.29. The van der Waals surface area contributed by atoms with E-state index >= 15 is 0 Å². The standard InChI is InChI=1S/C15H25N3O2/c1-11(2)18(7-4-8-19)10-12-5-6-13(15(16)17)14(9-12)20-3/h5-6,9,11,19H,4,7-8,10H2,1-3H3,(H3,16,17). The average Bonchev–Trinajstić information content (AvgIpc) is 2.42. The van der Waals surface area contributed by atoms with Crippen molar-refractivity contribution in [2.24, 2.45) is 5.73 Å². The van der Waals surface area contributed by atoms with E-state index in [1.807, 2.05) is 18.2 Å². The summed E-state index contributed by atoms with van der Waals surface area (Å²) in [5.41, 5.74) is 7.24. The first-order chi connectivity index (χ1) is 9.49. The highest BCUT2D eigenvalue weighted by atomic mass is 16.5. The van der Waals surface area contributed by atoms with Crippen LogP contribution in [0.3, 0.4) is 0 Å². The van der Waals surface area contributed by atoms with Crippen LogP contribution in [0.5, 0.6) is 5.75 Å². The number of methoxy groups -OCH3 is 1. The fraction of sp³-hybridized carbons (Fsp3) is 0.533. The number of nitrogens with one attached hydrogen (secondary N) is 1. The second-order valence-electron chi connectivity index (χ2n) is 5.09. The second-order valence-corrected chi connectivity index (χ2v) is 5.09. The number of aliphatic hydroxyl groups excluding tert-OH is 1. The van der Waals surface area contributed by atoms with Gasteiger partial charge in [-0.3, -0.25) is 10.3 Å². The molecule has 5 heteroatoms. The third-order valence-electron chi connectivity index (χ3n) is 3.28. The lowest BCUT2D eigenvalue weighted by molar-refractivity contribution is 0.184. The zero-order valence-corrected chi connectivity index (χ0v) is 12.5. The van der Waals surface area contributed by atoms with Gasteiger partial charge in [0, 0.05) is 25.7 Å². The molecule has 0 radical (unpaired) electrons. The Morgan fingerprint density at radius 1 is 1.45 bits per heavy atom. The molecule has 0 heterocycles. The predicted molar refractivity (Wildman–Crippen MR) is 81.3 cm³/mol. The molecule has 0 saturated heterocycles. The van der Waals surface area contributed by atoms with Crippen LogP contribution >= 0.6 is 0 Å². The van der Waals surface area contributed by atoms with Crippen molar-refractivity contribution in [2.75, 3.05) is 20.3 Å². The van der Waals surface area contributed by atoms with E-state index in [2.05, 4.69) is 18.7 Å². The van der Waals surface area contributed by atoms with Crippen molar-refractivity contribution in [1.29, 1.82) is 5.41 Å². The van der Waals surface area contributed by atoms with Crippen LogP contribution in [0.25, 0.3) is 0 Å². The highest BCUT2D eigenvalue weighted by Gasteiger charge is 2.12. The summed E-state index contributed by atoms with van der Waals surface area (Å²) < 4.78 is 5.29. The van der Waals surface area contributed by atoms with E-state index in [9.17, 15) is 0 Å². The Labute approximate surface area is 120 Å². The molecular weight excluding hydrogens is 254 g/mol. The minimum atomic E-state index is 0.00870. The van der Waals surface area contributed by atoms with E-state index in [1.165, 1.54) is 0 Å². The molecule has 0 aliphatic rings. The number of nitrogen functional groups attached to an aromatic ring is 1. The molecule has 0 spiro atoms. The van der Waals surface area contributed by atoms with Crippen molar-refractivity contribution in [1.82, 2.24) is 4.90 Å². The van der Waals surface area contributed by atoms with Crippen LogP contribution in [0.4, 0.5) is 0 Å². The lowest BCUT2D eigenvalue weighted by Crippen LogP contribution is -2.31.